The molecule has 0 amide bonds. The predicted octanol–water partition coefficient (Wildman–Crippen LogP) is 4.14. The van der Waals surface area contributed by atoms with Crippen LogP contribution in [0.25, 0.3) is 0 Å². The van der Waals surface area contributed by atoms with Crippen molar-refractivity contribution in [3.8, 4) is 0 Å². The highest BCUT2D eigenvalue weighted by Crippen LogP contribution is 2.49. The number of halogens is 1. The van der Waals surface area contributed by atoms with Crippen LogP contribution in [-0.4, -0.2) is 32.8 Å². The third-order valence-corrected chi connectivity index (χ3v) is 8.26. The summed E-state index contributed by atoms with van der Waals surface area (Å²) in [6.07, 6.45) is 0. The molecule has 0 spiro atoms. The number of rotatable bonds is 3. The van der Waals surface area contributed by atoms with Crippen molar-refractivity contribution >= 4 is 22.8 Å². The molecule has 5 nitrogen and oxygen atoms in total. The Kier molecular flexibility index (Phi) is 4.61. The molecule has 2 aromatic rings. The molecule has 4 rings (SSSR count). The first kappa shape index (κ1) is 20.4. The molecule has 0 saturated carbocycles. The number of benzene rings is 2. The first-order valence-electron chi connectivity index (χ1n) is 9.70. The molecule has 154 valence electrons. The van der Waals surface area contributed by atoms with E-state index < -0.39 is 46.0 Å². The zero-order valence-corrected chi connectivity index (χ0v) is 18.0. The molecule has 0 aliphatic carbocycles. The Labute approximate surface area is 172 Å². The van der Waals surface area contributed by atoms with E-state index >= 15 is 0 Å². The third kappa shape index (κ3) is 3.09. The van der Waals surface area contributed by atoms with Gasteiger partial charge in [0.05, 0.1) is 21.8 Å². The van der Waals surface area contributed by atoms with Crippen LogP contribution in [0.3, 0.4) is 0 Å². The van der Waals surface area contributed by atoms with E-state index in [1.807, 2.05) is 34.6 Å². The van der Waals surface area contributed by atoms with Crippen molar-refractivity contribution in [2.24, 2.45) is 0 Å². The van der Waals surface area contributed by atoms with Gasteiger partial charge in [-0.3, -0.25) is 4.31 Å². The van der Waals surface area contributed by atoms with Crippen molar-refractivity contribution in [2.45, 2.75) is 62.6 Å². The zero-order chi connectivity index (χ0) is 21.2. The average molecular weight is 417 g/mol. The van der Waals surface area contributed by atoms with Gasteiger partial charge in [-0.2, -0.15) is 0 Å². The van der Waals surface area contributed by atoms with Crippen molar-refractivity contribution in [3.63, 3.8) is 0 Å². The van der Waals surface area contributed by atoms with E-state index in [1.165, 1.54) is 22.5 Å². The number of sulfonamides is 1. The Balaban J connectivity index is 1.82. The molecule has 0 bridgehead atoms. The van der Waals surface area contributed by atoms with Gasteiger partial charge < -0.3 is 9.31 Å². The summed E-state index contributed by atoms with van der Waals surface area (Å²) in [5, 5.41) is 0. The van der Waals surface area contributed by atoms with Gasteiger partial charge in [0.1, 0.15) is 5.82 Å². The molecule has 29 heavy (non-hydrogen) atoms. The molecule has 2 aliphatic heterocycles. The second-order valence-electron chi connectivity index (χ2n) is 8.71. The largest absolute Gasteiger partial charge is 0.468 e. The van der Waals surface area contributed by atoms with Crippen LogP contribution in [0.5, 0.6) is 0 Å². The second kappa shape index (κ2) is 6.55. The van der Waals surface area contributed by atoms with Crippen LogP contribution in [0.4, 0.5) is 10.1 Å². The summed E-state index contributed by atoms with van der Waals surface area (Å²) in [5.41, 5.74) is -0.106. The molecule has 2 aliphatic rings. The summed E-state index contributed by atoms with van der Waals surface area (Å²) in [4.78, 5) is 0.191. The van der Waals surface area contributed by atoms with Gasteiger partial charge in [-0.05, 0) is 70.5 Å². The topological polar surface area (TPSA) is 55.8 Å². The van der Waals surface area contributed by atoms with Crippen LogP contribution in [0.1, 0.15) is 46.0 Å². The Hall–Kier alpha value is -1.90. The fourth-order valence-corrected chi connectivity index (χ4v) is 5.80. The van der Waals surface area contributed by atoms with Crippen LogP contribution in [-0.2, 0) is 19.3 Å². The average Bonchev–Trinajstić information content (AvgIpc) is 3.04. The van der Waals surface area contributed by atoms with E-state index in [4.69, 9.17) is 9.31 Å². The first-order valence-corrected chi connectivity index (χ1v) is 11.1. The van der Waals surface area contributed by atoms with E-state index in [2.05, 4.69) is 0 Å². The SMILES string of the molecule is C[C@@H]1[C@@H](B2OC(C)(C)C(C)(C)O2)c2cc(F)ccc2N1S(=O)(=O)c1ccccc1. The monoisotopic (exact) mass is 417 g/mol. The van der Waals surface area contributed by atoms with Gasteiger partial charge in [0.25, 0.3) is 10.0 Å². The van der Waals surface area contributed by atoms with Gasteiger partial charge >= 0.3 is 7.12 Å². The molecular weight excluding hydrogens is 392 g/mol. The highest BCUT2D eigenvalue weighted by molar-refractivity contribution is 7.92. The maximum absolute atomic E-state index is 14.2. The molecule has 0 N–H and O–H groups in total. The highest BCUT2D eigenvalue weighted by Gasteiger charge is 2.58. The molecule has 0 aromatic heterocycles. The molecular formula is C21H25BFNO4S. The van der Waals surface area contributed by atoms with Crippen LogP contribution < -0.4 is 4.31 Å². The van der Waals surface area contributed by atoms with Crippen LogP contribution >= 0.6 is 0 Å². The zero-order valence-electron chi connectivity index (χ0n) is 17.2. The standard InChI is InChI=1S/C21H25BFNO4S/c1-14-19(22-27-20(2,3)21(4,5)28-22)17-13-15(23)11-12-18(17)24(14)29(25,26)16-9-7-6-8-10-16/h6-14,19H,1-5H3/t14-,19-/m1/s1. The lowest BCUT2D eigenvalue weighted by Gasteiger charge is -2.32. The van der Waals surface area contributed by atoms with Gasteiger partial charge in [-0.1, -0.05) is 18.2 Å². The minimum Gasteiger partial charge on any atom is -0.403 e. The molecule has 8 heteroatoms. The molecule has 2 atom stereocenters. The summed E-state index contributed by atoms with van der Waals surface area (Å²) >= 11 is 0. The Bertz CT molecular complexity index is 1030. The van der Waals surface area contributed by atoms with Gasteiger partial charge in [0.15, 0.2) is 0 Å². The van der Waals surface area contributed by atoms with Gasteiger partial charge in [-0.25, -0.2) is 12.8 Å². The number of hydrogen-bond donors (Lipinski definition) is 0. The summed E-state index contributed by atoms with van der Waals surface area (Å²) in [6, 6.07) is 12.0. The number of nitrogens with zero attached hydrogens (tertiary/aromatic N) is 1. The summed E-state index contributed by atoms with van der Waals surface area (Å²) in [6.45, 7) is 9.58. The number of anilines is 1. The second-order valence-corrected chi connectivity index (χ2v) is 10.5. The van der Waals surface area contributed by atoms with Crippen LogP contribution in [0, 0.1) is 5.82 Å². The number of hydrogen-bond acceptors (Lipinski definition) is 4. The highest BCUT2D eigenvalue weighted by atomic mass is 32.2. The van der Waals surface area contributed by atoms with E-state index in [-0.39, 0.29) is 4.90 Å². The molecule has 1 fully saturated rings. The van der Waals surface area contributed by atoms with E-state index in [0.29, 0.717) is 11.3 Å². The Morgan fingerprint density at radius 1 is 1.00 bits per heavy atom. The van der Waals surface area contributed by atoms with Crippen LogP contribution in [0.2, 0.25) is 0 Å². The van der Waals surface area contributed by atoms with E-state index in [9.17, 15) is 12.8 Å². The summed E-state index contributed by atoms with van der Waals surface area (Å²) in [7, 11) is -4.52. The Morgan fingerprint density at radius 2 is 1.59 bits per heavy atom. The molecule has 2 aromatic carbocycles. The van der Waals surface area contributed by atoms with Gasteiger partial charge in [0, 0.05) is 11.9 Å². The molecule has 0 unspecified atom stereocenters. The van der Waals surface area contributed by atoms with Crippen molar-refractivity contribution < 1.29 is 22.1 Å². The quantitative estimate of drug-likeness (QED) is 0.705. The maximum atomic E-state index is 14.2. The lowest BCUT2D eigenvalue weighted by atomic mass is 9.66. The van der Waals surface area contributed by atoms with E-state index in [1.54, 1.807) is 30.3 Å². The lowest BCUT2D eigenvalue weighted by molar-refractivity contribution is 0.00578. The van der Waals surface area contributed by atoms with Gasteiger partial charge in [-0.15, -0.1) is 0 Å². The normalized spacial score (nSPS) is 25.3. The van der Waals surface area contributed by atoms with Crippen molar-refractivity contribution in [1.29, 1.82) is 0 Å². The minimum atomic E-state index is -3.83. The summed E-state index contributed by atoms with van der Waals surface area (Å²) < 4.78 is 54.9. The van der Waals surface area contributed by atoms with Crippen molar-refractivity contribution in [2.75, 3.05) is 4.31 Å². The smallest absolute Gasteiger partial charge is 0.403 e. The molecule has 0 radical (unpaired) electrons. The predicted molar refractivity (Wildman–Crippen MR) is 111 cm³/mol. The summed E-state index contributed by atoms with van der Waals surface area (Å²) in [5.74, 6) is -0.878. The molecule has 2 heterocycles. The Morgan fingerprint density at radius 3 is 2.17 bits per heavy atom. The van der Waals surface area contributed by atoms with Gasteiger partial charge in [0.2, 0.25) is 0 Å². The maximum Gasteiger partial charge on any atom is 0.468 e. The van der Waals surface area contributed by atoms with Crippen LogP contribution in [0.15, 0.2) is 53.4 Å². The fourth-order valence-electron chi connectivity index (χ4n) is 4.08. The number of fused-ring (bicyclic) bond motifs is 1. The first-order chi connectivity index (χ1) is 13.5. The van der Waals surface area contributed by atoms with Crippen molar-refractivity contribution in [3.05, 3.63) is 59.9 Å². The van der Waals surface area contributed by atoms with Crippen molar-refractivity contribution in [1.82, 2.24) is 0 Å². The van der Waals surface area contributed by atoms with E-state index in [0.717, 1.165) is 0 Å². The fraction of sp³-hybridized carbons (Fsp3) is 0.429. The minimum absolute atomic E-state index is 0.191. The lowest BCUT2D eigenvalue weighted by Crippen LogP contribution is -2.42. The molecule has 1 saturated heterocycles. The third-order valence-electron chi connectivity index (χ3n) is 6.34.